The van der Waals surface area contributed by atoms with E-state index in [0.29, 0.717) is 5.56 Å². The predicted octanol–water partition coefficient (Wildman–Crippen LogP) is 0.466. The molecule has 0 saturated heterocycles. The smallest absolute Gasteiger partial charge is 0.330 e. The fraction of sp³-hybridized carbons (Fsp3) is 0.250. The van der Waals surface area contributed by atoms with Crippen LogP contribution in [0, 0.1) is 6.92 Å². The van der Waals surface area contributed by atoms with Gasteiger partial charge in [-0.05, 0) is 24.6 Å². The summed E-state index contributed by atoms with van der Waals surface area (Å²) in [4.78, 5) is 14.2. The van der Waals surface area contributed by atoms with E-state index in [2.05, 4.69) is 4.98 Å². The van der Waals surface area contributed by atoms with Crippen molar-refractivity contribution in [3.8, 4) is 5.69 Å². The molecule has 1 unspecified atom stereocenters. The van der Waals surface area contributed by atoms with Crippen LogP contribution in [0.25, 0.3) is 5.69 Å². The number of rotatable bonds is 3. The standard InChI is InChI=1S/C12H15N3O2/c1-8-7-14-12(17)15(8)10-4-2-3-9(5-10)11(16)6-13/h2-5,7,11,16H,6,13H2,1H3,(H,14,17). The molecule has 2 aromatic rings. The van der Waals surface area contributed by atoms with Gasteiger partial charge in [0, 0.05) is 18.4 Å². The largest absolute Gasteiger partial charge is 0.387 e. The Labute approximate surface area is 98.5 Å². The minimum absolute atomic E-state index is 0.157. The van der Waals surface area contributed by atoms with Crippen molar-refractivity contribution in [1.29, 1.82) is 0 Å². The molecule has 0 aliphatic heterocycles. The van der Waals surface area contributed by atoms with Crippen LogP contribution in [0.4, 0.5) is 0 Å². The van der Waals surface area contributed by atoms with E-state index in [0.717, 1.165) is 11.4 Å². The highest BCUT2D eigenvalue weighted by Gasteiger charge is 2.09. The Hall–Kier alpha value is -1.85. The quantitative estimate of drug-likeness (QED) is 0.720. The summed E-state index contributed by atoms with van der Waals surface area (Å²) >= 11 is 0. The van der Waals surface area contributed by atoms with Crippen molar-refractivity contribution >= 4 is 0 Å². The molecule has 1 aromatic heterocycles. The Morgan fingerprint density at radius 2 is 2.29 bits per heavy atom. The Kier molecular flexibility index (Phi) is 3.12. The topological polar surface area (TPSA) is 84.0 Å². The number of hydrogen-bond acceptors (Lipinski definition) is 3. The summed E-state index contributed by atoms with van der Waals surface area (Å²) in [5, 5.41) is 9.67. The monoisotopic (exact) mass is 233 g/mol. The van der Waals surface area contributed by atoms with Crippen LogP contribution >= 0.6 is 0 Å². The molecule has 5 nitrogen and oxygen atoms in total. The third-order valence-corrected chi connectivity index (χ3v) is 2.70. The molecule has 0 fully saturated rings. The maximum absolute atomic E-state index is 11.6. The number of aromatic amines is 1. The summed E-state index contributed by atoms with van der Waals surface area (Å²) in [5.41, 5.74) is 7.46. The number of H-pyrrole nitrogens is 1. The van der Waals surface area contributed by atoms with Crippen LogP contribution in [0.3, 0.4) is 0 Å². The Morgan fingerprint density at radius 1 is 1.53 bits per heavy atom. The van der Waals surface area contributed by atoms with E-state index in [1.807, 2.05) is 13.0 Å². The number of aliphatic hydroxyl groups excluding tert-OH is 1. The van der Waals surface area contributed by atoms with Crippen LogP contribution in [0.1, 0.15) is 17.4 Å². The zero-order valence-corrected chi connectivity index (χ0v) is 9.55. The fourth-order valence-electron chi connectivity index (χ4n) is 1.78. The van der Waals surface area contributed by atoms with Gasteiger partial charge in [0.25, 0.3) is 0 Å². The number of aryl methyl sites for hydroxylation is 1. The van der Waals surface area contributed by atoms with E-state index in [4.69, 9.17) is 5.73 Å². The summed E-state index contributed by atoms with van der Waals surface area (Å²) in [6, 6.07) is 7.16. The maximum atomic E-state index is 11.6. The second-order valence-corrected chi connectivity index (χ2v) is 3.92. The van der Waals surface area contributed by atoms with Gasteiger partial charge in [0.05, 0.1) is 11.8 Å². The third kappa shape index (κ3) is 2.15. The second kappa shape index (κ2) is 4.57. The second-order valence-electron chi connectivity index (χ2n) is 3.92. The number of nitrogens with zero attached hydrogens (tertiary/aromatic N) is 1. The normalized spacial score (nSPS) is 12.6. The van der Waals surface area contributed by atoms with Crippen molar-refractivity contribution in [3.63, 3.8) is 0 Å². The van der Waals surface area contributed by atoms with Gasteiger partial charge in [-0.25, -0.2) is 4.79 Å². The van der Waals surface area contributed by atoms with E-state index < -0.39 is 6.10 Å². The van der Waals surface area contributed by atoms with Crippen molar-refractivity contribution in [2.75, 3.05) is 6.54 Å². The van der Waals surface area contributed by atoms with Gasteiger partial charge in [-0.15, -0.1) is 0 Å². The highest BCUT2D eigenvalue weighted by atomic mass is 16.3. The summed E-state index contributed by atoms with van der Waals surface area (Å²) in [7, 11) is 0. The highest BCUT2D eigenvalue weighted by Crippen LogP contribution is 2.16. The van der Waals surface area contributed by atoms with Crippen LogP contribution < -0.4 is 11.4 Å². The SMILES string of the molecule is Cc1c[nH]c(=O)n1-c1cccc(C(O)CN)c1. The first-order valence-electron chi connectivity index (χ1n) is 5.39. The van der Waals surface area contributed by atoms with Crippen LogP contribution in [-0.2, 0) is 0 Å². The zero-order chi connectivity index (χ0) is 12.4. The third-order valence-electron chi connectivity index (χ3n) is 2.70. The first kappa shape index (κ1) is 11.6. The van der Waals surface area contributed by atoms with Gasteiger partial charge in [0.1, 0.15) is 0 Å². The number of benzene rings is 1. The molecule has 0 aliphatic rings. The predicted molar refractivity (Wildman–Crippen MR) is 65.1 cm³/mol. The molecule has 0 amide bonds. The van der Waals surface area contributed by atoms with E-state index in [1.165, 1.54) is 0 Å². The molecule has 0 bridgehead atoms. The average Bonchev–Trinajstić information content (AvgIpc) is 2.68. The summed E-state index contributed by atoms with van der Waals surface area (Å²) in [5.74, 6) is 0. The van der Waals surface area contributed by atoms with E-state index in [9.17, 15) is 9.90 Å². The lowest BCUT2D eigenvalue weighted by atomic mass is 10.1. The van der Waals surface area contributed by atoms with E-state index >= 15 is 0 Å². The minimum atomic E-state index is -0.704. The lowest BCUT2D eigenvalue weighted by molar-refractivity contribution is 0.186. The van der Waals surface area contributed by atoms with Crippen molar-refractivity contribution in [2.45, 2.75) is 13.0 Å². The molecular formula is C12H15N3O2. The number of hydrogen-bond donors (Lipinski definition) is 3. The molecule has 2 rings (SSSR count). The zero-order valence-electron chi connectivity index (χ0n) is 9.55. The molecule has 90 valence electrons. The van der Waals surface area contributed by atoms with Gasteiger partial charge < -0.3 is 15.8 Å². The Balaban J connectivity index is 2.50. The average molecular weight is 233 g/mol. The number of nitrogens with two attached hydrogens (primary N) is 1. The molecule has 17 heavy (non-hydrogen) atoms. The van der Waals surface area contributed by atoms with E-state index in [1.54, 1.807) is 29.0 Å². The number of aliphatic hydroxyl groups is 1. The van der Waals surface area contributed by atoms with Crippen LogP contribution in [-0.4, -0.2) is 21.2 Å². The number of nitrogens with one attached hydrogen (secondary N) is 1. The summed E-state index contributed by atoms with van der Waals surface area (Å²) < 4.78 is 1.55. The van der Waals surface area contributed by atoms with E-state index in [-0.39, 0.29) is 12.2 Å². The minimum Gasteiger partial charge on any atom is -0.387 e. The molecule has 0 aliphatic carbocycles. The molecule has 0 radical (unpaired) electrons. The van der Waals surface area contributed by atoms with Gasteiger partial charge in [-0.2, -0.15) is 0 Å². The van der Waals surface area contributed by atoms with Crippen LogP contribution in [0.2, 0.25) is 0 Å². The lowest BCUT2D eigenvalue weighted by Crippen LogP contribution is -2.17. The molecule has 1 aromatic carbocycles. The fourth-order valence-corrected chi connectivity index (χ4v) is 1.78. The van der Waals surface area contributed by atoms with Crippen molar-refractivity contribution in [1.82, 2.24) is 9.55 Å². The number of aromatic nitrogens is 2. The molecule has 1 heterocycles. The van der Waals surface area contributed by atoms with Gasteiger partial charge in [0.15, 0.2) is 0 Å². The van der Waals surface area contributed by atoms with Crippen LogP contribution in [0.15, 0.2) is 35.3 Å². The Morgan fingerprint density at radius 3 is 2.88 bits per heavy atom. The Bertz CT molecular complexity index is 571. The van der Waals surface area contributed by atoms with Gasteiger partial charge >= 0.3 is 5.69 Å². The van der Waals surface area contributed by atoms with Crippen molar-refractivity contribution in [3.05, 3.63) is 52.2 Å². The molecule has 1 atom stereocenters. The van der Waals surface area contributed by atoms with Gasteiger partial charge in [0.2, 0.25) is 0 Å². The highest BCUT2D eigenvalue weighted by molar-refractivity contribution is 5.38. The first-order chi connectivity index (χ1) is 8.13. The maximum Gasteiger partial charge on any atom is 0.330 e. The molecular weight excluding hydrogens is 218 g/mol. The molecule has 0 saturated carbocycles. The first-order valence-corrected chi connectivity index (χ1v) is 5.39. The summed E-state index contributed by atoms with van der Waals surface area (Å²) in [6.45, 7) is 1.99. The summed E-state index contributed by atoms with van der Waals surface area (Å²) in [6.07, 6.45) is 0.943. The van der Waals surface area contributed by atoms with Gasteiger partial charge in [-0.3, -0.25) is 4.57 Å². The van der Waals surface area contributed by atoms with Crippen molar-refractivity contribution < 1.29 is 5.11 Å². The molecule has 4 N–H and O–H groups in total. The van der Waals surface area contributed by atoms with Crippen LogP contribution in [0.5, 0.6) is 0 Å². The van der Waals surface area contributed by atoms with Crippen molar-refractivity contribution in [2.24, 2.45) is 5.73 Å². The van der Waals surface area contributed by atoms with Gasteiger partial charge in [-0.1, -0.05) is 12.1 Å². The molecule has 0 spiro atoms. The number of imidazole rings is 1. The molecule has 5 heteroatoms. The lowest BCUT2D eigenvalue weighted by Gasteiger charge is -2.10.